The second-order valence-electron chi connectivity index (χ2n) is 5.45. The van der Waals surface area contributed by atoms with E-state index < -0.39 is 10.8 Å². The van der Waals surface area contributed by atoms with E-state index >= 15 is 0 Å². The highest BCUT2D eigenvalue weighted by Crippen LogP contribution is 2.18. The molecule has 1 rings (SSSR count). The molecule has 0 fully saturated rings. The Morgan fingerprint density at radius 1 is 1.14 bits per heavy atom. The Hall–Kier alpha value is -0.380. The van der Waals surface area contributed by atoms with Crippen LogP contribution in [0.3, 0.4) is 0 Å². The molecule has 4 heteroatoms. The van der Waals surface area contributed by atoms with Crippen LogP contribution in [-0.4, -0.2) is 22.0 Å². The number of benzene rings is 1. The molecule has 3 atom stereocenters. The smallest absolute Gasteiger partial charge is 0.0502 e. The zero-order valence-electron chi connectivity index (χ0n) is 13.4. The third-order valence-electron chi connectivity index (χ3n) is 3.67. The van der Waals surface area contributed by atoms with Crippen molar-refractivity contribution in [3.05, 3.63) is 34.9 Å². The molecule has 3 unspecified atom stereocenters. The maximum Gasteiger partial charge on any atom is 0.0502 e. The summed E-state index contributed by atoms with van der Waals surface area (Å²) >= 11 is 5.90. The van der Waals surface area contributed by atoms with Crippen molar-refractivity contribution >= 4 is 22.4 Å². The predicted octanol–water partition coefficient (Wildman–Crippen LogP) is 4.54. The van der Waals surface area contributed by atoms with E-state index in [2.05, 4.69) is 26.1 Å². The minimum atomic E-state index is -0.856. The van der Waals surface area contributed by atoms with Crippen molar-refractivity contribution in [2.45, 2.75) is 63.5 Å². The standard InChI is InChI=1S/C17H28ClNOS/c1-4-7-16(19-12-5-2)17(6-3)21(20)13-14-8-10-15(18)11-9-14/h8-11,16-17,19H,4-7,12-13H2,1-3H3. The van der Waals surface area contributed by atoms with Gasteiger partial charge in [0.25, 0.3) is 0 Å². The van der Waals surface area contributed by atoms with Gasteiger partial charge in [0.15, 0.2) is 0 Å². The normalized spacial score (nSPS) is 15.6. The molecule has 0 aliphatic carbocycles. The van der Waals surface area contributed by atoms with Crippen LogP contribution in [0, 0.1) is 0 Å². The summed E-state index contributed by atoms with van der Waals surface area (Å²) in [5.41, 5.74) is 1.10. The number of hydrogen-bond donors (Lipinski definition) is 1. The van der Waals surface area contributed by atoms with Gasteiger partial charge < -0.3 is 5.32 Å². The maximum atomic E-state index is 12.7. The van der Waals surface area contributed by atoms with Crippen molar-refractivity contribution in [3.8, 4) is 0 Å². The molecule has 0 aromatic heterocycles. The SMILES string of the molecule is CCCNC(CCC)C(CC)S(=O)Cc1ccc(Cl)cc1. The third kappa shape index (κ3) is 6.50. The first-order valence-corrected chi connectivity index (χ1v) is 9.73. The summed E-state index contributed by atoms with van der Waals surface area (Å²) in [7, 11) is -0.856. The quantitative estimate of drug-likeness (QED) is 0.683. The molecule has 0 saturated carbocycles. The van der Waals surface area contributed by atoms with Crippen LogP contribution in [-0.2, 0) is 16.6 Å². The number of hydrogen-bond acceptors (Lipinski definition) is 2. The number of nitrogens with one attached hydrogen (secondary N) is 1. The fraction of sp³-hybridized carbons (Fsp3) is 0.647. The molecule has 0 heterocycles. The Balaban J connectivity index is 2.70. The van der Waals surface area contributed by atoms with Crippen molar-refractivity contribution in [1.82, 2.24) is 5.32 Å². The predicted molar refractivity (Wildman–Crippen MR) is 94.4 cm³/mol. The average Bonchev–Trinajstić information content (AvgIpc) is 2.48. The average molecular weight is 330 g/mol. The number of halogens is 1. The molecule has 0 radical (unpaired) electrons. The molecule has 0 aliphatic heterocycles. The molecule has 1 N–H and O–H groups in total. The lowest BCUT2D eigenvalue weighted by atomic mass is 10.1. The van der Waals surface area contributed by atoms with E-state index in [1.165, 1.54) is 0 Å². The minimum Gasteiger partial charge on any atom is -0.313 e. The first-order valence-electron chi connectivity index (χ1n) is 7.97. The first-order chi connectivity index (χ1) is 10.1. The molecule has 21 heavy (non-hydrogen) atoms. The van der Waals surface area contributed by atoms with E-state index in [9.17, 15) is 4.21 Å². The van der Waals surface area contributed by atoms with Gasteiger partial charge in [-0.05, 0) is 43.5 Å². The largest absolute Gasteiger partial charge is 0.313 e. The van der Waals surface area contributed by atoms with E-state index in [1.54, 1.807) is 0 Å². The monoisotopic (exact) mass is 329 g/mol. The molecule has 0 amide bonds. The molecular weight excluding hydrogens is 302 g/mol. The zero-order valence-corrected chi connectivity index (χ0v) is 15.0. The summed E-state index contributed by atoms with van der Waals surface area (Å²) in [6, 6.07) is 8.04. The highest BCUT2D eigenvalue weighted by atomic mass is 35.5. The Bertz CT molecular complexity index is 421. The van der Waals surface area contributed by atoms with Gasteiger partial charge in [-0.3, -0.25) is 4.21 Å². The summed E-state index contributed by atoms with van der Waals surface area (Å²) in [5.74, 6) is 0.615. The minimum absolute atomic E-state index is 0.215. The summed E-state index contributed by atoms with van der Waals surface area (Å²) in [4.78, 5) is 0. The molecule has 1 aromatic rings. The second kappa shape index (κ2) is 10.4. The Labute approximate surface area is 137 Å². The van der Waals surface area contributed by atoms with Crippen molar-refractivity contribution in [3.63, 3.8) is 0 Å². The van der Waals surface area contributed by atoms with Gasteiger partial charge in [-0.2, -0.15) is 0 Å². The molecule has 0 saturated heterocycles. The van der Waals surface area contributed by atoms with Gasteiger partial charge in [0.05, 0.1) is 5.25 Å². The van der Waals surface area contributed by atoms with Crippen LogP contribution in [0.5, 0.6) is 0 Å². The van der Waals surface area contributed by atoms with Gasteiger partial charge in [0.2, 0.25) is 0 Å². The molecule has 0 spiro atoms. The van der Waals surface area contributed by atoms with Gasteiger partial charge in [-0.1, -0.05) is 50.9 Å². The summed E-state index contributed by atoms with van der Waals surface area (Å²) in [6.07, 6.45) is 4.27. The summed E-state index contributed by atoms with van der Waals surface area (Å²) in [5, 5.41) is 4.52. The van der Waals surface area contributed by atoms with E-state index in [0.717, 1.165) is 42.8 Å². The molecule has 120 valence electrons. The summed E-state index contributed by atoms with van der Waals surface area (Å²) in [6.45, 7) is 7.50. The van der Waals surface area contributed by atoms with Crippen molar-refractivity contribution in [2.75, 3.05) is 6.54 Å². The Morgan fingerprint density at radius 3 is 2.33 bits per heavy atom. The van der Waals surface area contributed by atoms with Gasteiger partial charge in [0, 0.05) is 27.6 Å². The fourth-order valence-corrected chi connectivity index (χ4v) is 4.40. The van der Waals surface area contributed by atoms with Crippen LogP contribution < -0.4 is 5.32 Å². The van der Waals surface area contributed by atoms with E-state index in [0.29, 0.717) is 11.8 Å². The van der Waals surface area contributed by atoms with Crippen molar-refractivity contribution in [1.29, 1.82) is 0 Å². The highest BCUT2D eigenvalue weighted by Gasteiger charge is 2.24. The lowest BCUT2D eigenvalue weighted by Gasteiger charge is -2.26. The van der Waals surface area contributed by atoms with E-state index in [-0.39, 0.29) is 5.25 Å². The van der Waals surface area contributed by atoms with Gasteiger partial charge in [-0.25, -0.2) is 0 Å². The maximum absolute atomic E-state index is 12.7. The molecule has 0 bridgehead atoms. The topological polar surface area (TPSA) is 29.1 Å². The van der Waals surface area contributed by atoms with Crippen LogP contribution in [0.1, 0.15) is 52.0 Å². The Morgan fingerprint density at radius 2 is 1.81 bits per heavy atom. The third-order valence-corrected chi connectivity index (χ3v) is 5.87. The Kier molecular flexibility index (Phi) is 9.21. The summed E-state index contributed by atoms with van der Waals surface area (Å²) < 4.78 is 12.7. The van der Waals surface area contributed by atoms with Gasteiger partial charge in [-0.15, -0.1) is 0 Å². The molecular formula is C17H28ClNOS. The van der Waals surface area contributed by atoms with E-state index in [1.807, 2.05) is 24.3 Å². The lowest BCUT2D eigenvalue weighted by molar-refractivity contribution is 0.447. The fourth-order valence-electron chi connectivity index (χ4n) is 2.57. The molecule has 1 aromatic carbocycles. The van der Waals surface area contributed by atoms with Crippen LogP contribution in [0.25, 0.3) is 0 Å². The molecule has 0 aliphatic rings. The lowest BCUT2D eigenvalue weighted by Crippen LogP contribution is -2.42. The molecule has 2 nitrogen and oxygen atoms in total. The van der Waals surface area contributed by atoms with Crippen LogP contribution in [0.4, 0.5) is 0 Å². The van der Waals surface area contributed by atoms with Crippen molar-refractivity contribution in [2.24, 2.45) is 0 Å². The second-order valence-corrected chi connectivity index (χ2v) is 7.54. The van der Waals surface area contributed by atoms with E-state index in [4.69, 9.17) is 11.6 Å². The van der Waals surface area contributed by atoms with Crippen LogP contribution in [0.2, 0.25) is 5.02 Å². The number of rotatable bonds is 10. The van der Waals surface area contributed by atoms with Gasteiger partial charge >= 0.3 is 0 Å². The van der Waals surface area contributed by atoms with Crippen LogP contribution >= 0.6 is 11.6 Å². The van der Waals surface area contributed by atoms with Crippen LogP contribution in [0.15, 0.2) is 24.3 Å². The first kappa shape index (κ1) is 18.7. The van der Waals surface area contributed by atoms with Gasteiger partial charge in [0.1, 0.15) is 0 Å². The zero-order chi connectivity index (χ0) is 15.7. The highest BCUT2D eigenvalue weighted by molar-refractivity contribution is 7.84. The van der Waals surface area contributed by atoms with Crippen molar-refractivity contribution < 1.29 is 4.21 Å².